The number of carbonyl (C=O) groups is 1. The fourth-order valence-electron chi connectivity index (χ4n) is 4.15. The third-order valence-electron chi connectivity index (χ3n) is 6.21. The second-order valence-electron chi connectivity index (χ2n) is 8.89. The second kappa shape index (κ2) is 12.9. The van der Waals surface area contributed by atoms with Crippen molar-refractivity contribution < 1.29 is 36.2 Å². The maximum atomic E-state index is 12.8. The lowest BCUT2D eigenvalue weighted by molar-refractivity contribution is -0.138. The van der Waals surface area contributed by atoms with Crippen molar-refractivity contribution in [3.8, 4) is 0 Å². The first kappa shape index (κ1) is 28.5. The first-order chi connectivity index (χ1) is 15.9. The Morgan fingerprint density at radius 1 is 1.03 bits per heavy atom. The van der Waals surface area contributed by atoms with Gasteiger partial charge in [0.25, 0.3) is 0 Å². The summed E-state index contributed by atoms with van der Waals surface area (Å²) in [6.07, 6.45) is 2.19. The molecule has 1 aromatic carbocycles. The molecule has 0 unspecified atom stereocenters. The van der Waals surface area contributed by atoms with E-state index in [0.29, 0.717) is 19.4 Å². The molecule has 0 aliphatic heterocycles. The van der Waals surface area contributed by atoms with Crippen molar-refractivity contribution in [2.45, 2.75) is 74.6 Å². The van der Waals surface area contributed by atoms with E-state index in [1.807, 2.05) is 0 Å². The molecule has 194 valence electrons. The Hall–Kier alpha value is -1.69. The minimum Gasteiger partial charge on any atom is -0.480 e. The van der Waals surface area contributed by atoms with Crippen LogP contribution in [0.25, 0.3) is 0 Å². The number of carboxylic acid groups (broad SMARTS) is 1. The number of aliphatic carboxylic acids is 1. The molecular weight excluding hydrogens is 473 g/mol. The van der Waals surface area contributed by atoms with Crippen molar-refractivity contribution in [1.29, 1.82) is 0 Å². The average molecular weight is 509 g/mol. The van der Waals surface area contributed by atoms with Crippen LogP contribution in [0, 0.1) is 0 Å². The van der Waals surface area contributed by atoms with Crippen LogP contribution >= 0.6 is 0 Å². The Morgan fingerprint density at radius 3 is 2.18 bits per heavy atom. The maximum absolute atomic E-state index is 12.8. The van der Waals surface area contributed by atoms with Gasteiger partial charge in [0.2, 0.25) is 10.0 Å². The lowest BCUT2D eigenvalue weighted by atomic mass is 9.93. The van der Waals surface area contributed by atoms with Crippen molar-refractivity contribution in [3.05, 3.63) is 29.8 Å². The summed E-state index contributed by atoms with van der Waals surface area (Å²) in [4.78, 5) is 12.3. The zero-order chi connectivity index (χ0) is 25.4. The van der Waals surface area contributed by atoms with Crippen molar-refractivity contribution in [2.24, 2.45) is 0 Å². The number of unbranched alkanes of at least 4 members (excludes halogenated alkanes) is 3. The van der Waals surface area contributed by atoms with Gasteiger partial charge in [0, 0.05) is 19.7 Å². The fourth-order valence-corrected chi connectivity index (χ4v) is 5.57. The van der Waals surface area contributed by atoms with E-state index in [9.17, 15) is 26.4 Å². The number of halogens is 3. The van der Waals surface area contributed by atoms with Crippen LogP contribution in [-0.4, -0.2) is 74.6 Å². The molecule has 1 aliphatic rings. The zero-order valence-corrected chi connectivity index (χ0v) is 20.6. The molecular formula is C23H35F3N2O5S. The molecule has 11 heteroatoms. The Labute approximate surface area is 199 Å². The highest BCUT2D eigenvalue weighted by Crippen LogP contribution is 2.32. The van der Waals surface area contributed by atoms with Gasteiger partial charge in [0.15, 0.2) is 0 Å². The summed E-state index contributed by atoms with van der Waals surface area (Å²) in [6.45, 7) is 1.44. The molecule has 1 aliphatic carbocycles. The SMILES string of the molecule is CN(CCCCCCOC1CCC(N(C)S(=O)(=O)c2ccc(C(F)(F)F)cc2)CC1)CC(=O)O. The molecule has 1 aromatic rings. The van der Waals surface area contributed by atoms with Crippen LogP contribution in [0.4, 0.5) is 13.2 Å². The summed E-state index contributed by atoms with van der Waals surface area (Å²) < 4.78 is 71.1. The molecule has 1 saturated carbocycles. The first-order valence-corrected chi connectivity index (χ1v) is 13.0. The predicted octanol–water partition coefficient (Wildman–Crippen LogP) is 4.23. The number of carboxylic acids is 1. The number of benzene rings is 1. The number of alkyl halides is 3. The highest BCUT2D eigenvalue weighted by Gasteiger charge is 2.34. The van der Waals surface area contributed by atoms with Crippen LogP contribution < -0.4 is 0 Å². The number of rotatable bonds is 13. The van der Waals surface area contributed by atoms with Gasteiger partial charge >= 0.3 is 12.1 Å². The normalized spacial score (nSPS) is 19.6. The summed E-state index contributed by atoms with van der Waals surface area (Å²) >= 11 is 0. The molecule has 0 spiro atoms. The van der Waals surface area contributed by atoms with Gasteiger partial charge in [0.05, 0.1) is 23.1 Å². The van der Waals surface area contributed by atoms with Crippen LogP contribution in [0.1, 0.15) is 56.9 Å². The zero-order valence-electron chi connectivity index (χ0n) is 19.8. The van der Waals surface area contributed by atoms with E-state index in [1.54, 1.807) is 11.9 Å². The summed E-state index contributed by atoms with van der Waals surface area (Å²) in [7, 11) is -0.602. The summed E-state index contributed by atoms with van der Waals surface area (Å²) in [6, 6.07) is 3.38. The Balaban J connectivity index is 1.68. The fraction of sp³-hybridized carbons (Fsp3) is 0.696. The van der Waals surface area contributed by atoms with Crippen LogP contribution in [0.2, 0.25) is 0 Å². The van der Waals surface area contributed by atoms with E-state index in [-0.39, 0.29) is 23.6 Å². The Kier molecular flexibility index (Phi) is 10.8. The van der Waals surface area contributed by atoms with Gasteiger partial charge < -0.3 is 9.84 Å². The average Bonchev–Trinajstić information content (AvgIpc) is 2.77. The molecule has 7 nitrogen and oxygen atoms in total. The van der Waals surface area contributed by atoms with E-state index < -0.39 is 27.7 Å². The van der Waals surface area contributed by atoms with Gasteiger partial charge in [-0.3, -0.25) is 9.69 Å². The smallest absolute Gasteiger partial charge is 0.416 e. The largest absolute Gasteiger partial charge is 0.480 e. The summed E-state index contributed by atoms with van der Waals surface area (Å²) in [5.41, 5.74) is -0.878. The number of hydrogen-bond acceptors (Lipinski definition) is 5. The van der Waals surface area contributed by atoms with E-state index >= 15 is 0 Å². The van der Waals surface area contributed by atoms with Gasteiger partial charge in [-0.15, -0.1) is 0 Å². The van der Waals surface area contributed by atoms with Crippen molar-refractivity contribution >= 4 is 16.0 Å². The highest BCUT2D eigenvalue weighted by molar-refractivity contribution is 7.89. The highest BCUT2D eigenvalue weighted by atomic mass is 32.2. The maximum Gasteiger partial charge on any atom is 0.416 e. The van der Waals surface area contributed by atoms with Crippen LogP contribution in [0.3, 0.4) is 0 Å². The van der Waals surface area contributed by atoms with Gasteiger partial charge in [-0.25, -0.2) is 8.42 Å². The van der Waals surface area contributed by atoms with Crippen molar-refractivity contribution in [2.75, 3.05) is 33.8 Å². The van der Waals surface area contributed by atoms with E-state index in [1.165, 1.54) is 11.4 Å². The van der Waals surface area contributed by atoms with E-state index in [0.717, 1.165) is 69.3 Å². The van der Waals surface area contributed by atoms with E-state index in [4.69, 9.17) is 9.84 Å². The van der Waals surface area contributed by atoms with Crippen molar-refractivity contribution in [1.82, 2.24) is 9.21 Å². The lowest BCUT2D eigenvalue weighted by Gasteiger charge is -2.34. The third kappa shape index (κ3) is 8.83. The van der Waals surface area contributed by atoms with Gasteiger partial charge in [0.1, 0.15) is 0 Å². The Bertz CT molecular complexity index is 870. The number of hydrogen-bond donors (Lipinski definition) is 1. The van der Waals surface area contributed by atoms with Crippen LogP contribution in [0.15, 0.2) is 29.2 Å². The molecule has 0 radical (unpaired) electrons. The third-order valence-corrected chi connectivity index (χ3v) is 8.13. The number of nitrogens with zero attached hydrogens (tertiary/aromatic N) is 2. The molecule has 0 amide bonds. The topological polar surface area (TPSA) is 87.2 Å². The molecule has 0 aromatic heterocycles. The molecule has 34 heavy (non-hydrogen) atoms. The molecule has 0 saturated heterocycles. The minimum atomic E-state index is -4.51. The van der Waals surface area contributed by atoms with Gasteiger partial charge in [-0.1, -0.05) is 12.8 Å². The molecule has 1 fully saturated rings. The summed E-state index contributed by atoms with van der Waals surface area (Å²) in [5.74, 6) is -0.825. The second-order valence-corrected chi connectivity index (χ2v) is 10.9. The molecule has 0 heterocycles. The minimum absolute atomic E-state index is 0.0482. The number of likely N-dealkylation sites (N-methyl/N-ethyl adjacent to an activating group) is 1. The van der Waals surface area contributed by atoms with Gasteiger partial charge in [-0.05, 0) is 76.4 Å². The predicted molar refractivity (Wildman–Crippen MR) is 122 cm³/mol. The van der Waals surface area contributed by atoms with Crippen LogP contribution in [0.5, 0.6) is 0 Å². The monoisotopic (exact) mass is 508 g/mol. The number of ether oxygens (including phenoxy) is 1. The first-order valence-electron chi connectivity index (χ1n) is 11.6. The Morgan fingerprint density at radius 2 is 1.62 bits per heavy atom. The number of sulfonamides is 1. The van der Waals surface area contributed by atoms with Crippen LogP contribution in [-0.2, 0) is 25.7 Å². The lowest BCUT2D eigenvalue weighted by Crippen LogP contribution is -2.40. The van der Waals surface area contributed by atoms with E-state index in [2.05, 4.69) is 0 Å². The molecule has 0 bridgehead atoms. The summed E-state index contributed by atoms with van der Waals surface area (Å²) in [5, 5.41) is 8.73. The van der Waals surface area contributed by atoms with Gasteiger partial charge in [-0.2, -0.15) is 17.5 Å². The van der Waals surface area contributed by atoms with Crippen molar-refractivity contribution in [3.63, 3.8) is 0 Å². The standard InChI is InChI=1S/C23H35F3N2O5S/c1-27(17-22(29)30)15-5-3-4-6-16-33-20-11-9-19(10-12-20)28(2)34(31,32)21-13-7-18(8-14-21)23(24,25)26/h7-8,13-14,19-20H,3-6,9-12,15-17H2,1-2H3,(H,29,30). The quantitative estimate of drug-likeness (QED) is 0.401. The molecule has 0 atom stereocenters. The molecule has 1 N–H and O–H groups in total. The molecule has 2 rings (SSSR count).